The van der Waals surface area contributed by atoms with Gasteiger partial charge in [-0.05, 0) is 6.42 Å². The first kappa shape index (κ1) is 22.1. The Labute approximate surface area is 142 Å². The molecule has 0 fully saturated rings. The molecule has 0 atom stereocenters. The fourth-order valence-electron chi connectivity index (χ4n) is 2.37. The zero-order valence-electron chi connectivity index (χ0n) is 14.7. The Bertz CT molecular complexity index is 452. The number of rotatable bonds is 11. The van der Waals surface area contributed by atoms with Gasteiger partial charge in [0.2, 0.25) is 0 Å². The number of unbranched alkanes of at least 4 members (excludes halogenated alkanes) is 9. The van der Waals surface area contributed by atoms with E-state index in [2.05, 4.69) is 42.1 Å². The molecule has 5 heteroatoms. The summed E-state index contributed by atoms with van der Waals surface area (Å²) in [4.78, 5) is 0. The molecule has 0 aromatic carbocycles. The van der Waals surface area contributed by atoms with E-state index in [1.54, 1.807) is 0 Å². The lowest BCUT2D eigenvalue weighted by Crippen LogP contribution is -2.32. The second kappa shape index (κ2) is 14.6. The van der Waals surface area contributed by atoms with Crippen LogP contribution in [-0.2, 0) is 16.7 Å². The summed E-state index contributed by atoms with van der Waals surface area (Å²) in [5.74, 6) is 0. The van der Waals surface area contributed by atoms with Gasteiger partial charge in [0.15, 0.2) is 12.4 Å². The van der Waals surface area contributed by atoms with E-state index >= 15 is 0 Å². The van der Waals surface area contributed by atoms with Gasteiger partial charge in [-0.1, -0.05) is 64.4 Å². The molecule has 0 saturated heterocycles. The second-order valence-corrected chi connectivity index (χ2v) is 7.41. The summed E-state index contributed by atoms with van der Waals surface area (Å²) in [5.41, 5.74) is 0. The van der Waals surface area contributed by atoms with Crippen LogP contribution >= 0.6 is 0 Å². The molecule has 0 aliphatic rings. The molecule has 0 radical (unpaired) electrons. The molecule has 4 nitrogen and oxygen atoms in total. The maximum atomic E-state index is 9.08. The first-order valence-electron chi connectivity index (χ1n) is 8.78. The van der Waals surface area contributed by atoms with Crippen LogP contribution in [0, 0.1) is 0 Å². The van der Waals surface area contributed by atoms with Crippen LogP contribution in [0.15, 0.2) is 30.6 Å². The van der Waals surface area contributed by atoms with E-state index in [9.17, 15) is 0 Å². The Balaban J connectivity index is 0.000000841. The monoisotopic (exact) mass is 343 g/mol. The molecule has 0 amide bonds. The SMILES string of the molecule is CCCCCCCCCCCC[n+]1ccccc1.CS(=O)(=O)[O-]. The van der Waals surface area contributed by atoms with Gasteiger partial charge in [-0.3, -0.25) is 0 Å². The summed E-state index contributed by atoms with van der Waals surface area (Å²) in [7, 11) is -3.92. The van der Waals surface area contributed by atoms with Crippen molar-refractivity contribution in [2.75, 3.05) is 6.26 Å². The van der Waals surface area contributed by atoms with Gasteiger partial charge in [-0.25, -0.2) is 13.0 Å². The molecule has 0 aliphatic carbocycles. The topological polar surface area (TPSA) is 61.1 Å². The predicted octanol–water partition coefficient (Wildman–Crippen LogP) is 4.06. The maximum Gasteiger partial charge on any atom is 0.168 e. The van der Waals surface area contributed by atoms with Crippen molar-refractivity contribution in [2.24, 2.45) is 0 Å². The van der Waals surface area contributed by atoms with Crippen molar-refractivity contribution in [2.45, 2.75) is 77.7 Å². The number of nitrogens with zero attached hydrogens (tertiary/aromatic N) is 1. The Morgan fingerprint density at radius 3 is 1.61 bits per heavy atom. The molecule has 0 N–H and O–H groups in total. The van der Waals surface area contributed by atoms with E-state index in [1.165, 1.54) is 70.8 Å². The number of pyridine rings is 1. The van der Waals surface area contributed by atoms with Crippen molar-refractivity contribution in [3.63, 3.8) is 0 Å². The summed E-state index contributed by atoms with van der Waals surface area (Å²) < 4.78 is 29.5. The molecule has 1 rings (SSSR count). The van der Waals surface area contributed by atoms with Gasteiger partial charge in [0.25, 0.3) is 0 Å². The highest BCUT2D eigenvalue weighted by atomic mass is 32.2. The van der Waals surface area contributed by atoms with Crippen LogP contribution < -0.4 is 4.57 Å². The fraction of sp³-hybridized carbons (Fsp3) is 0.722. The first-order valence-corrected chi connectivity index (χ1v) is 10.6. The number of aromatic nitrogens is 1. The molecule has 0 saturated carbocycles. The van der Waals surface area contributed by atoms with Gasteiger partial charge in [0.1, 0.15) is 6.54 Å². The van der Waals surface area contributed by atoms with Gasteiger partial charge in [-0.15, -0.1) is 0 Å². The Morgan fingerprint density at radius 1 is 0.783 bits per heavy atom. The minimum absolute atomic E-state index is 0.604. The molecule has 1 aromatic heterocycles. The van der Waals surface area contributed by atoms with Crippen molar-refractivity contribution < 1.29 is 17.5 Å². The lowest BCUT2D eigenvalue weighted by Gasteiger charge is -2.01. The number of hydrogen-bond acceptors (Lipinski definition) is 3. The Kier molecular flexibility index (Phi) is 14.0. The summed E-state index contributed by atoms with van der Waals surface area (Å²) in [6.07, 6.45) is 19.1. The van der Waals surface area contributed by atoms with Gasteiger partial charge in [0, 0.05) is 24.8 Å². The quantitative estimate of drug-likeness (QED) is 0.346. The number of hydrogen-bond donors (Lipinski definition) is 0. The van der Waals surface area contributed by atoms with Gasteiger partial charge < -0.3 is 4.55 Å². The molecular weight excluding hydrogens is 310 g/mol. The molecule has 0 bridgehead atoms. The maximum absolute atomic E-state index is 9.08. The molecule has 1 heterocycles. The first-order chi connectivity index (χ1) is 10.9. The average molecular weight is 344 g/mol. The second-order valence-electron chi connectivity index (χ2n) is 6.00. The Morgan fingerprint density at radius 2 is 1.17 bits per heavy atom. The molecule has 0 unspecified atom stereocenters. The normalized spacial score (nSPS) is 10.9. The fourth-order valence-corrected chi connectivity index (χ4v) is 2.37. The Hall–Kier alpha value is -0.940. The van der Waals surface area contributed by atoms with Crippen LogP contribution in [0.5, 0.6) is 0 Å². The standard InChI is InChI=1S/C17H30N.CH4O3S/c1-2-3-4-5-6-7-8-9-10-12-15-18-16-13-11-14-17-18;1-5(2,3)4/h11,13-14,16-17H,2-10,12,15H2,1H3;1H3,(H,2,3,4)/q+1;/p-1. The summed E-state index contributed by atoms with van der Waals surface area (Å²) >= 11 is 0. The lowest BCUT2D eigenvalue weighted by atomic mass is 10.1. The minimum atomic E-state index is -3.92. The van der Waals surface area contributed by atoms with Crippen molar-refractivity contribution in [1.29, 1.82) is 0 Å². The number of aryl methyl sites for hydroxylation is 1. The van der Waals surface area contributed by atoms with E-state index in [1.807, 2.05) is 0 Å². The van der Waals surface area contributed by atoms with Crippen molar-refractivity contribution in [3.8, 4) is 0 Å². The van der Waals surface area contributed by atoms with Crippen LogP contribution in [0.25, 0.3) is 0 Å². The van der Waals surface area contributed by atoms with E-state index < -0.39 is 10.1 Å². The summed E-state index contributed by atoms with van der Waals surface area (Å²) in [6.45, 7) is 3.46. The molecule has 134 valence electrons. The van der Waals surface area contributed by atoms with Gasteiger partial charge in [0.05, 0.1) is 10.1 Å². The predicted molar refractivity (Wildman–Crippen MR) is 94.1 cm³/mol. The van der Waals surface area contributed by atoms with E-state index in [0.29, 0.717) is 6.26 Å². The molecule has 0 spiro atoms. The highest BCUT2D eigenvalue weighted by molar-refractivity contribution is 7.84. The van der Waals surface area contributed by atoms with Crippen molar-refractivity contribution in [3.05, 3.63) is 30.6 Å². The highest BCUT2D eigenvalue weighted by Crippen LogP contribution is 2.10. The van der Waals surface area contributed by atoms with E-state index in [-0.39, 0.29) is 0 Å². The van der Waals surface area contributed by atoms with Crippen LogP contribution in [0.4, 0.5) is 0 Å². The van der Waals surface area contributed by atoms with Crippen LogP contribution in [0.3, 0.4) is 0 Å². The van der Waals surface area contributed by atoms with Crippen LogP contribution in [0.1, 0.15) is 71.1 Å². The summed E-state index contributed by atoms with van der Waals surface area (Å²) in [6, 6.07) is 6.29. The summed E-state index contributed by atoms with van der Waals surface area (Å²) in [5, 5.41) is 0. The highest BCUT2D eigenvalue weighted by Gasteiger charge is 1.97. The van der Waals surface area contributed by atoms with Crippen molar-refractivity contribution >= 4 is 10.1 Å². The zero-order valence-corrected chi connectivity index (χ0v) is 15.6. The lowest BCUT2D eigenvalue weighted by molar-refractivity contribution is -0.697. The van der Waals surface area contributed by atoms with Crippen LogP contribution in [-0.4, -0.2) is 19.2 Å². The smallest absolute Gasteiger partial charge is 0.168 e. The molecule has 1 aromatic rings. The van der Waals surface area contributed by atoms with E-state index in [4.69, 9.17) is 13.0 Å². The zero-order chi connectivity index (χ0) is 17.4. The van der Waals surface area contributed by atoms with Crippen molar-refractivity contribution in [1.82, 2.24) is 0 Å². The third-order valence-electron chi connectivity index (χ3n) is 3.55. The molecule has 23 heavy (non-hydrogen) atoms. The third kappa shape index (κ3) is 21.1. The minimum Gasteiger partial charge on any atom is -0.748 e. The van der Waals surface area contributed by atoms with Crippen LogP contribution in [0.2, 0.25) is 0 Å². The van der Waals surface area contributed by atoms with E-state index in [0.717, 1.165) is 0 Å². The van der Waals surface area contributed by atoms with Gasteiger partial charge >= 0.3 is 0 Å². The largest absolute Gasteiger partial charge is 0.748 e. The third-order valence-corrected chi connectivity index (χ3v) is 3.55. The molecular formula is C18H33NO3S. The molecule has 0 aliphatic heterocycles. The van der Waals surface area contributed by atoms with Gasteiger partial charge in [-0.2, -0.15) is 0 Å². The average Bonchev–Trinajstić information content (AvgIpc) is 2.48.